The van der Waals surface area contributed by atoms with Crippen molar-refractivity contribution in [2.24, 2.45) is 0 Å². The van der Waals surface area contributed by atoms with Crippen LogP contribution in [0.2, 0.25) is 0 Å². The van der Waals surface area contributed by atoms with Crippen LogP contribution in [-0.4, -0.2) is 36.0 Å². The molecule has 0 aliphatic heterocycles. The molecule has 7 nitrogen and oxygen atoms in total. The van der Waals surface area contributed by atoms with E-state index in [1.807, 2.05) is 6.07 Å². The smallest absolute Gasteiger partial charge is 0.335 e. The topological polar surface area (TPSA) is 109 Å². The summed E-state index contributed by atoms with van der Waals surface area (Å²) in [4.78, 5) is 34.2. The molecule has 0 saturated carbocycles. The third-order valence-corrected chi connectivity index (χ3v) is 3.29. The van der Waals surface area contributed by atoms with E-state index in [-0.39, 0.29) is 36.1 Å². The van der Waals surface area contributed by atoms with Gasteiger partial charge in [0.1, 0.15) is 0 Å². The van der Waals surface area contributed by atoms with E-state index in [1.165, 1.54) is 12.3 Å². The van der Waals surface area contributed by atoms with Gasteiger partial charge in [-0.1, -0.05) is 12.1 Å². The Bertz CT molecular complexity index is 710. The summed E-state index contributed by atoms with van der Waals surface area (Å²) in [7, 11) is 0. The fourth-order valence-corrected chi connectivity index (χ4v) is 2.08. The van der Waals surface area contributed by atoms with Gasteiger partial charge >= 0.3 is 5.97 Å². The van der Waals surface area contributed by atoms with Crippen molar-refractivity contribution in [1.29, 1.82) is 0 Å². The normalized spacial score (nSPS) is 10.2. The predicted molar refractivity (Wildman–Crippen MR) is 85.8 cm³/mol. The predicted octanol–water partition coefficient (Wildman–Crippen LogP) is 1.46. The van der Waals surface area contributed by atoms with E-state index in [9.17, 15) is 14.4 Å². The molecule has 0 aliphatic rings. The molecule has 1 aromatic carbocycles. The summed E-state index contributed by atoms with van der Waals surface area (Å²) in [5.74, 6) is -1.33. The van der Waals surface area contributed by atoms with Crippen LogP contribution >= 0.6 is 0 Å². The molecule has 0 radical (unpaired) electrons. The van der Waals surface area contributed by atoms with Gasteiger partial charge in [-0.3, -0.25) is 9.59 Å². The van der Waals surface area contributed by atoms with E-state index in [2.05, 4.69) is 10.6 Å². The van der Waals surface area contributed by atoms with Crippen molar-refractivity contribution in [1.82, 2.24) is 10.6 Å². The first kappa shape index (κ1) is 17.3. The van der Waals surface area contributed by atoms with Crippen LogP contribution in [-0.2, 0) is 11.2 Å². The number of benzene rings is 1. The Labute approximate surface area is 138 Å². The van der Waals surface area contributed by atoms with Crippen molar-refractivity contribution >= 4 is 17.8 Å². The Kier molecular flexibility index (Phi) is 6.13. The highest BCUT2D eigenvalue weighted by Gasteiger charge is 2.08. The Hall–Kier alpha value is -3.09. The molecule has 3 N–H and O–H groups in total. The van der Waals surface area contributed by atoms with Crippen molar-refractivity contribution in [3.05, 3.63) is 59.5 Å². The first-order valence-corrected chi connectivity index (χ1v) is 7.47. The van der Waals surface area contributed by atoms with Crippen LogP contribution in [0.4, 0.5) is 0 Å². The molecule has 0 fully saturated rings. The SMILES string of the molecule is O=C(CCNC(=O)c1ccco1)NCCc1cccc(C(=O)O)c1. The minimum absolute atomic E-state index is 0.154. The molecule has 0 spiro atoms. The maximum absolute atomic E-state index is 11.7. The van der Waals surface area contributed by atoms with Crippen LogP contribution in [0, 0.1) is 0 Å². The first-order chi connectivity index (χ1) is 11.6. The van der Waals surface area contributed by atoms with Gasteiger partial charge in [0, 0.05) is 19.5 Å². The maximum Gasteiger partial charge on any atom is 0.335 e. The number of carbonyl (C=O) groups excluding carboxylic acids is 2. The van der Waals surface area contributed by atoms with Gasteiger partial charge in [0.25, 0.3) is 5.91 Å². The standard InChI is InChI=1S/C17H18N2O5/c20-15(7-9-19-16(21)14-5-2-10-24-14)18-8-6-12-3-1-4-13(11-12)17(22)23/h1-5,10-11H,6-9H2,(H,18,20)(H,19,21)(H,22,23). The van der Waals surface area contributed by atoms with Gasteiger partial charge in [0.2, 0.25) is 5.91 Å². The summed E-state index contributed by atoms with van der Waals surface area (Å²) in [6, 6.07) is 9.73. The molecule has 0 bridgehead atoms. The molecule has 1 aromatic heterocycles. The fourth-order valence-electron chi connectivity index (χ4n) is 2.08. The average Bonchev–Trinajstić information content (AvgIpc) is 3.09. The van der Waals surface area contributed by atoms with Gasteiger partial charge in [-0.2, -0.15) is 0 Å². The number of carboxylic acid groups (broad SMARTS) is 1. The number of nitrogens with one attached hydrogen (secondary N) is 2. The molecule has 0 aliphatic carbocycles. The minimum atomic E-state index is -0.979. The van der Waals surface area contributed by atoms with Gasteiger partial charge in [0.15, 0.2) is 5.76 Å². The summed E-state index contributed by atoms with van der Waals surface area (Å²) in [5.41, 5.74) is 1.06. The number of rotatable bonds is 8. The highest BCUT2D eigenvalue weighted by molar-refractivity contribution is 5.91. The van der Waals surface area contributed by atoms with Gasteiger partial charge in [-0.25, -0.2) is 4.79 Å². The second kappa shape index (κ2) is 8.52. The van der Waals surface area contributed by atoms with E-state index in [4.69, 9.17) is 9.52 Å². The van der Waals surface area contributed by atoms with Gasteiger partial charge in [-0.15, -0.1) is 0 Å². The monoisotopic (exact) mass is 330 g/mol. The summed E-state index contributed by atoms with van der Waals surface area (Å²) < 4.78 is 4.94. The summed E-state index contributed by atoms with van der Waals surface area (Å²) >= 11 is 0. The number of furan rings is 1. The van der Waals surface area contributed by atoms with E-state index in [1.54, 1.807) is 24.3 Å². The van der Waals surface area contributed by atoms with Crippen LogP contribution in [0.25, 0.3) is 0 Å². The number of aromatic carboxylic acids is 1. The lowest BCUT2D eigenvalue weighted by Crippen LogP contribution is -2.31. The first-order valence-electron chi connectivity index (χ1n) is 7.47. The zero-order valence-corrected chi connectivity index (χ0v) is 13.0. The largest absolute Gasteiger partial charge is 0.478 e. The third-order valence-electron chi connectivity index (χ3n) is 3.29. The lowest BCUT2D eigenvalue weighted by molar-refractivity contribution is -0.120. The third kappa shape index (κ3) is 5.28. The number of hydrogen-bond acceptors (Lipinski definition) is 4. The van der Waals surface area contributed by atoms with Crippen LogP contribution < -0.4 is 10.6 Å². The molecular weight excluding hydrogens is 312 g/mol. The molecule has 0 unspecified atom stereocenters. The zero-order valence-electron chi connectivity index (χ0n) is 13.0. The van der Waals surface area contributed by atoms with Gasteiger partial charge in [-0.05, 0) is 36.2 Å². The van der Waals surface area contributed by atoms with E-state index >= 15 is 0 Å². The fraction of sp³-hybridized carbons (Fsp3) is 0.235. The lowest BCUT2D eigenvalue weighted by Gasteiger charge is -2.07. The summed E-state index contributed by atoms with van der Waals surface area (Å²) in [6.45, 7) is 0.605. The lowest BCUT2D eigenvalue weighted by atomic mass is 10.1. The van der Waals surface area contributed by atoms with Crippen LogP contribution in [0.1, 0.15) is 32.9 Å². The van der Waals surface area contributed by atoms with Crippen molar-refractivity contribution in [2.75, 3.05) is 13.1 Å². The number of amides is 2. The van der Waals surface area contributed by atoms with Crippen molar-refractivity contribution < 1.29 is 23.9 Å². The number of hydrogen-bond donors (Lipinski definition) is 3. The highest BCUT2D eigenvalue weighted by Crippen LogP contribution is 2.05. The molecule has 7 heteroatoms. The Morgan fingerprint density at radius 3 is 2.58 bits per heavy atom. The minimum Gasteiger partial charge on any atom is -0.478 e. The Morgan fingerprint density at radius 2 is 1.88 bits per heavy atom. The Morgan fingerprint density at radius 1 is 1.04 bits per heavy atom. The van der Waals surface area contributed by atoms with E-state index in [0.717, 1.165) is 5.56 Å². The average molecular weight is 330 g/mol. The maximum atomic E-state index is 11.7. The molecule has 2 amide bonds. The molecule has 2 rings (SSSR count). The summed E-state index contributed by atoms with van der Waals surface area (Å²) in [6.07, 6.45) is 2.09. The molecule has 0 saturated heterocycles. The molecule has 2 aromatic rings. The van der Waals surface area contributed by atoms with Gasteiger partial charge in [0.05, 0.1) is 11.8 Å². The van der Waals surface area contributed by atoms with Crippen molar-refractivity contribution in [3.8, 4) is 0 Å². The van der Waals surface area contributed by atoms with Crippen LogP contribution in [0.3, 0.4) is 0 Å². The van der Waals surface area contributed by atoms with Crippen molar-refractivity contribution in [2.45, 2.75) is 12.8 Å². The highest BCUT2D eigenvalue weighted by atomic mass is 16.4. The number of carboxylic acids is 1. The van der Waals surface area contributed by atoms with Crippen molar-refractivity contribution in [3.63, 3.8) is 0 Å². The van der Waals surface area contributed by atoms with Gasteiger partial charge < -0.3 is 20.2 Å². The quantitative estimate of drug-likeness (QED) is 0.679. The Balaban J connectivity index is 1.65. The second-order valence-corrected chi connectivity index (χ2v) is 5.09. The molecule has 0 atom stereocenters. The van der Waals surface area contributed by atoms with E-state index < -0.39 is 5.97 Å². The molecule has 1 heterocycles. The number of carbonyl (C=O) groups is 3. The van der Waals surface area contributed by atoms with E-state index in [0.29, 0.717) is 13.0 Å². The molecule has 24 heavy (non-hydrogen) atoms. The van der Waals surface area contributed by atoms with Crippen LogP contribution in [0.5, 0.6) is 0 Å². The molecular formula is C17H18N2O5. The summed E-state index contributed by atoms with van der Waals surface area (Å²) in [5, 5.41) is 14.2. The zero-order chi connectivity index (χ0) is 17.4. The van der Waals surface area contributed by atoms with Crippen LogP contribution in [0.15, 0.2) is 47.1 Å². The second-order valence-electron chi connectivity index (χ2n) is 5.09. The molecule has 126 valence electrons.